The van der Waals surface area contributed by atoms with Crippen molar-refractivity contribution in [2.45, 2.75) is 12.6 Å². The molecule has 2 aromatic rings. The molecule has 2 rings (SSSR count). The summed E-state index contributed by atoms with van der Waals surface area (Å²) in [7, 11) is 0. The van der Waals surface area contributed by atoms with E-state index in [1.807, 2.05) is 12.1 Å². The van der Waals surface area contributed by atoms with E-state index in [2.05, 4.69) is 21.2 Å². The molecule has 0 aliphatic heterocycles. The molecule has 0 saturated carbocycles. The summed E-state index contributed by atoms with van der Waals surface area (Å²) < 4.78 is 6.57. The van der Waals surface area contributed by atoms with Crippen LogP contribution >= 0.6 is 50.5 Å². The lowest BCUT2D eigenvalue weighted by molar-refractivity contribution is 0.106. The normalized spacial score (nSPS) is 12.4. The van der Waals surface area contributed by atoms with Crippen molar-refractivity contribution in [3.8, 4) is 5.75 Å². The molecule has 2 N–H and O–H groups in total. The minimum atomic E-state index is -0.595. The number of benzene rings is 1. The molecule has 1 aromatic heterocycles. The molecular weight excluding hydrogens is 397 g/mol. The van der Waals surface area contributed by atoms with Gasteiger partial charge >= 0.3 is 0 Å². The molecule has 0 spiro atoms. The van der Waals surface area contributed by atoms with Crippen LogP contribution in [0.4, 0.5) is 0 Å². The summed E-state index contributed by atoms with van der Waals surface area (Å²) in [4.78, 5) is 1.21. The Labute approximate surface area is 146 Å². The molecule has 1 heterocycles. The van der Waals surface area contributed by atoms with Crippen LogP contribution in [0.1, 0.15) is 4.88 Å². The second-order valence-electron chi connectivity index (χ2n) is 4.38. The zero-order valence-electron chi connectivity index (χ0n) is 11.0. The van der Waals surface area contributed by atoms with Gasteiger partial charge in [-0.2, -0.15) is 0 Å². The van der Waals surface area contributed by atoms with Crippen LogP contribution in [0.5, 0.6) is 5.75 Å². The fraction of sp³-hybridized carbons (Fsp3) is 0.286. The fourth-order valence-corrected chi connectivity index (χ4v) is 3.37. The van der Waals surface area contributed by atoms with Gasteiger partial charge in [-0.15, -0.1) is 11.3 Å². The first-order chi connectivity index (χ1) is 10.0. The SMILES string of the molecule is OC(CNCc1ccc(Br)s1)COc1ccc(Cl)c(Cl)c1. The Morgan fingerprint density at radius 1 is 1.24 bits per heavy atom. The van der Waals surface area contributed by atoms with E-state index in [9.17, 15) is 5.11 Å². The van der Waals surface area contributed by atoms with Gasteiger partial charge in [-0.1, -0.05) is 23.2 Å². The lowest BCUT2D eigenvalue weighted by Gasteiger charge is -2.13. The van der Waals surface area contributed by atoms with Crippen molar-refractivity contribution in [2.75, 3.05) is 13.2 Å². The maximum Gasteiger partial charge on any atom is 0.121 e. The smallest absolute Gasteiger partial charge is 0.121 e. The highest BCUT2D eigenvalue weighted by Gasteiger charge is 2.07. The molecule has 1 aromatic carbocycles. The summed E-state index contributed by atoms with van der Waals surface area (Å²) in [5, 5.41) is 14.0. The molecule has 0 amide bonds. The van der Waals surface area contributed by atoms with Crippen molar-refractivity contribution >= 4 is 50.5 Å². The van der Waals surface area contributed by atoms with E-state index in [0.29, 0.717) is 22.3 Å². The van der Waals surface area contributed by atoms with Crippen LogP contribution in [0.2, 0.25) is 10.0 Å². The number of nitrogens with one attached hydrogen (secondary N) is 1. The molecular formula is C14H14BrCl2NO2S. The highest BCUT2D eigenvalue weighted by atomic mass is 79.9. The lowest BCUT2D eigenvalue weighted by atomic mass is 10.3. The Morgan fingerprint density at radius 2 is 2.05 bits per heavy atom. The summed E-state index contributed by atoms with van der Waals surface area (Å²) in [6, 6.07) is 9.06. The summed E-state index contributed by atoms with van der Waals surface area (Å²) in [6.45, 7) is 1.37. The average Bonchev–Trinajstić information content (AvgIpc) is 2.86. The molecule has 114 valence electrons. The number of halogens is 3. The largest absolute Gasteiger partial charge is 0.491 e. The highest BCUT2D eigenvalue weighted by Crippen LogP contribution is 2.26. The van der Waals surface area contributed by atoms with E-state index in [-0.39, 0.29) is 6.61 Å². The van der Waals surface area contributed by atoms with Crippen LogP contribution in [0, 0.1) is 0 Å². The van der Waals surface area contributed by atoms with Crippen molar-refractivity contribution in [1.29, 1.82) is 0 Å². The molecule has 3 nitrogen and oxygen atoms in total. The topological polar surface area (TPSA) is 41.5 Å². The Kier molecular flexibility index (Phi) is 6.79. The van der Waals surface area contributed by atoms with Crippen LogP contribution < -0.4 is 10.1 Å². The van der Waals surface area contributed by atoms with Crippen molar-refractivity contribution in [3.63, 3.8) is 0 Å². The van der Waals surface area contributed by atoms with E-state index in [1.165, 1.54) is 4.88 Å². The maximum atomic E-state index is 9.87. The highest BCUT2D eigenvalue weighted by molar-refractivity contribution is 9.11. The zero-order chi connectivity index (χ0) is 15.2. The quantitative estimate of drug-likeness (QED) is 0.712. The molecule has 0 saturated heterocycles. The summed E-state index contributed by atoms with van der Waals surface area (Å²) >= 11 is 16.8. The predicted octanol–water partition coefficient (Wildman–Crippen LogP) is 4.35. The van der Waals surface area contributed by atoms with Gasteiger partial charge < -0.3 is 15.2 Å². The van der Waals surface area contributed by atoms with E-state index < -0.39 is 6.10 Å². The van der Waals surface area contributed by atoms with Gasteiger partial charge in [0, 0.05) is 24.0 Å². The minimum absolute atomic E-state index is 0.194. The first-order valence-electron chi connectivity index (χ1n) is 6.25. The average molecular weight is 411 g/mol. The third-order valence-electron chi connectivity index (χ3n) is 2.64. The number of aliphatic hydroxyl groups excluding tert-OH is 1. The predicted molar refractivity (Wildman–Crippen MR) is 91.7 cm³/mol. The van der Waals surface area contributed by atoms with Crippen LogP contribution in [0.15, 0.2) is 34.1 Å². The number of ether oxygens (including phenoxy) is 1. The van der Waals surface area contributed by atoms with E-state index >= 15 is 0 Å². The Hall–Kier alpha value is -0.300. The third kappa shape index (κ3) is 5.77. The molecule has 0 aliphatic rings. The number of hydrogen-bond acceptors (Lipinski definition) is 4. The Morgan fingerprint density at radius 3 is 2.71 bits per heavy atom. The first kappa shape index (κ1) is 17.1. The van der Waals surface area contributed by atoms with Crippen LogP contribution in [0.25, 0.3) is 0 Å². The van der Waals surface area contributed by atoms with E-state index in [4.69, 9.17) is 27.9 Å². The molecule has 0 fully saturated rings. The second-order valence-corrected chi connectivity index (χ2v) is 7.74. The Bertz CT molecular complexity index is 594. The van der Waals surface area contributed by atoms with Gasteiger partial charge in [0.2, 0.25) is 0 Å². The number of aliphatic hydroxyl groups is 1. The van der Waals surface area contributed by atoms with Crippen LogP contribution in [-0.4, -0.2) is 24.4 Å². The third-order valence-corrected chi connectivity index (χ3v) is 5.00. The molecule has 21 heavy (non-hydrogen) atoms. The first-order valence-corrected chi connectivity index (χ1v) is 8.62. The van der Waals surface area contributed by atoms with Crippen LogP contribution in [-0.2, 0) is 6.54 Å². The van der Waals surface area contributed by atoms with Crippen LogP contribution in [0.3, 0.4) is 0 Å². The molecule has 0 bridgehead atoms. The summed E-state index contributed by atoms with van der Waals surface area (Å²) in [6.07, 6.45) is -0.595. The van der Waals surface area contributed by atoms with Gasteiger partial charge in [-0.3, -0.25) is 0 Å². The van der Waals surface area contributed by atoms with Gasteiger partial charge in [0.15, 0.2) is 0 Å². The molecule has 0 aliphatic carbocycles. The zero-order valence-corrected chi connectivity index (χ0v) is 14.9. The Balaban J connectivity index is 1.69. The number of hydrogen-bond donors (Lipinski definition) is 2. The maximum absolute atomic E-state index is 9.87. The van der Waals surface area contributed by atoms with Gasteiger partial charge in [-0.25, -0.2) is 0 Å². The lowest BCUT2D eigenvalue weighted by Crippen LogP contribution is -2.30. The van der Waals surface area contributed by atoms with Gasteiger partial charge in [0.05, 0.1) is 13.8 Å². The molecule has 0 radical (unpaired) electrons. The molecule has 7 heteroatoms. The summed E-state index contributed by atoms with van der Waals surface area (Å²) in [5.74, 6) is 0.589. The van der Waals surface area contributed by atoms with Gasteiger partial charge in [0.25, 0.3) is 0 Å². The summed E-state index contributed by atoms with van der Waals surface area (Å²) in [5.41, 5.74) is 0. The van der Waals surface area contributed by atoms with Crippen molar-refractivity contribution < 1.29 is 9.84 Å². The van der Waals surface area contributed by atoms with E-state index in [0.717, 1.165) is 10.3 Å². The minimum Gasteiger partial charge on any atom is -0.491 e. The number of rotatable bonds is 7. The number of thiophene rings is 1. The second kappa shape index (κ2) is 8.36. The van der Waals surface area contributed by atoms with E-state index in [1.54, 1.807) is 29.5 Å². The molecule has 1 atom stereocenters. The van der Waals surface area contributed by atoms with Crippen molar-refractivity contribution in [3.05, 3.63) is 49.0 Å². The molecule has 1 unspecified atom stereocenters. The van der Waals surface area contributed by atoms with Crippen molar-refractivity contribution in [1.82, 2.24) is 5.32 Å². The standard InChI is InChI=1S/C14H14BrCl2NO2S/c15-14-4-2-11(21-14)7-18-6-9(19)8-20-10-1-3-12(16)13(17)5-10/h1-5,9,18-19H,6-8H2. The van der Waals surface area contributed by atoms with Gasteiger partial charge in [-0.05, 0) is 40.2 Å². The van der Waals surface area contributed by atoms with Gasteiger partial charge in [0.1, 0.15) is 18.5 Å². The van der Waals surface area contributed by atoms with Crippen molar-refractivity contribution in [2.24, 2.45) is 0 Å². The monoisotopic (exact) mass is 409 g/mol. The fourth-order valence-electron chi connectivity index (χ4n) is 1.63.